The molecule has 0 saturated heterocycles. The molecule has 2 heterocycles. The number of carbonyl (C=O) groups excluding carboxylic acids is 1. The minimum atomic E-state index is -0.0620. The Hall–Kier alpha value is -3.76. The van der Waals surface area contributed by atoms with Gasteiger partial charge in [-0.3, -0.25) is 4.79 Å². The fourth-order valence-electron chi connectivity index (χ4n) is 4.38. The van der Waals surface area contributed by atoms with Crippen LogP contribution in [-0.4, -0.2) is 17.4 Å². The van der Waals surface area contributed by atoms with E-state index in [9.17, 15) is 4.79 Å². The van der Waals surface area contributed by atoms with Gasteiger partial charge in [0, 0.05) is 22.7 Å². The van der Waals surface area contributed by atoms with Gasteiger partial charge in [0.25, 0.3) is 5.91 Å². The summed E-state index contributed by atoms with van der Waals surface area (Å²) in [5.41, 5.74) is 4.86. The lowest BCUT2D eigenvalue weighted by atomic mass is 9.88. The number of hydrogen-bond acceptors (Lipinski definition) is 3. The Morgan fingerprint density at radius 2 is 1.50 bits per heavy atom. The van der Waals surface area contributed by atoms with Crippen LogP contribution in [0, 0.1) is 6.92 Å². The van der Waals surface area contributed by atoms with Gasteiger partial charge in [-0.15, -0.1) is 11.3 Å². The first kappa shape index (κ1) is 22.1. The van der Waals surface area contributed by atoms with E-state index in [4.69, 9.17) is 4.98 Å². The van der Waals surface area contributed by atoms with E-state index >= 15 is 0 Å². The SMILES string of the molecule is Cc1ccc(-c2cc(C(=O)NCCC(c3ccccc3)c3ccccc3)c3ccccc3n2)s1. The Balaban J connectivity index is 1.39. The number of aryl methyl sites for hydroxylation is 1. The van der Waals surface area contributed by atoms with Crippen molar-refractivity contribution < 1.29 is 4.79 Å². The highest BCUT2D eigenvalue weighted by atomic mass is 32.1. The van der Waals surface area contributed by atoms with Crippen molar-refractivity contribution in [2.75, 3.05) is 6.54 Å². The number of hydrogen-bond donors (Lipinski definition) is 1. The number of amides is 1. The molecule has 0 aliphatic carbocycles. The Morgan fingerprint density at radius 1 is 0.853 bits per heavy atom. The zero-order chi connectivity index (χ0) is 23.3. The van der Waals surface area contributed by atoms with Crippen LogP contribution in [0.1, 0.15) is 38.7 Å². The molecule has 1 amide bonds. The lowest BCUT2D eigenvalue weighted by molar-refractivity contribution is 0.0954. The molecule has 168 valence electrons. The average molecular weight is 463 g/mol. The van der Waals surface area contributed by atoms with Gasteiger partial charge in [0.05, 0.1) is 21.7 Å². The first-order chi connectivity index (χ1) is 16.7. The van der Waals surface area contributed by atoms with Gasteiger partial charge < -0.3 is 5.32 Å². The molecular formula is C30H26N2OS. The first-order valence-corrected chi connectivity index (χ1v) is 12.4. The van der Waals surface area contributed by atoms with Crippen molar-refractivity contribution in [3.05, 3.63) is 125 Å². The fraction of sp³-hybridized carbons (Fsp3) is 0.133. The molecule has 0 atom stereocenters. The molecule has 0 saturated carbocycles. The number of pyridine rings is 1. The third-order valence-corrected chi connectivity index (χ3v) is 7.10. The largest absolute Gasteiger partial charge is 0.352 e. The summed E-state index contributed by atoms with van der Waals surface area (Å²) in [5, 5.41) is 4.06. The van der Waals surface area contributed by atoms with Crippen molar-refractivity contribution in [2.45, 2.75) is 19.3 Å². The smallest absolute Gasteiger partial charge is 0.252 e. The molecular weight excluding hydrogens is 436 g/mol. The molecule has 0 aliphatic heterocycles. The highest BCUT2D eigenvalue weighted by Crippen LogP contribution is 2.30. The van der Waals surface area contributed by atoms with Gasteiger partial charge in [-0.25, -0.2) is 4.98 Å². The van der Waals surface area contributed by atoms with Gasteiger partial charge in [-0.2, -0.15) is 0 Å². The molecule has 0 bridgehead atoms. The lowest BCUT2D eigenvalue weighted by Crippen LogP contribution is -2.26. The van der Waals surface area contributed by atoms with Gasteiger partial charge in [-0.1, -0.05) is 78.9 Å². The predicted octanol–water partition coefficient (Wildman–Crippen LogP) is 7.22. The quantitative estimate of drug-likeness (QED) is 0.277. The summed E-state index contributed by atoms with van der Waals surface area (Å²) in [6, 6.07) is 34.9. The van der Waals surface area contributed by atoms with Crippen molar-refractivity contribution in [3.8, 4) is 10.6 Å². The van der Waals surface area contributed by atoms with Crippen molar-refractivity contribution in [1.29, 1.82) is 0 Å². The summed E-state index contributed by atoms with van der Waals surface area (Å²) in [6.45, 7) is 2.66. The first-order valence-electron chi connectivity index (χ1n) is 11.5. The number of para-hydroxylation sites is 1. The maximum absolute atomic E-state index is 13.4. The minimum Gasteiger partial charge on any atom is -0.352 e. The Morgan fingerprint density at radius 3 is 2.15 bits per heavy atom. The molecule has 3 aromatic carbocycles. The number of rotatable bonds is 7. The van der Waals surface area contributed by atoms with E-state index in [0.29, 0.717) is 12.1 Å². The second-order valence-corrected chi connectivity index (χ2v) is 9.69. The molecule has 5 aromatic rings. The molecule has 0 fully saturated rings. The summed E-state index contributed by atoms with van der Waals surface area (Å²) in [6.07, 6.45) is 0.819. The molecule has 5 rings (SSSR count). The molecule has 0 aliphatic rings. The van der Waals surface area contributed by atoms with Gasteiger partial charge in [-0.05, 0) is 48.7 Å². The third-order valence-electron chi connectivity index (χ3n) is 6.08. The van der Waals surface area contributed by atoms with Crippen LogP contribution >= 0.6 is 11.3 Å². The van der Waals surface area contributed by atoms with Crippen LogP contribution in [0.4, 0.5) is 0 Å². The second-order valence-electron chi connectivity index (χ2n) is 8.40. The maximum Gasteiger partial charge on any atom is 0.252 e. The molecule has 1 N–H and O–H groups in total. The van der Waals surface area contributed by atoms with Gasteiger partial charge >= 0.3 is 0 Å². The molecule has 0 radical (unpaired) electrons. The second kappa shape index (κ2) is 10.0. The summed E-state index contributed by atoms with van der Waals surface area (Å²) in [7, 11) is 0. The van der Waals surface area contributed by atoms with Crippen LogP contribution in [0.25, 0.3) is 21.5 Å². The van der Waals surface area contributed by atoms with E-state index in [-0.39, 0.29) is 11.8 Å². The molecule has 2 aromatic heterocycles. The molecule has 34 heavy (non-hydrogen) atoms. The van der Waals surface area contributed by atoms with E-state index in [2.05, 4.69) is 72.9 Å². The van der Waals surface area contributed by atoms with E-state index in [1.54, 1.807) is 11.3 Å². The van der Waals surface area contributed by atoms with Gasteiger partial charge in [0.2, 0.25) is 0 Å². The van der Waals surface area contributed by atoms with E-state index in [1.165, 1.54) is 16.0 Å². The number of thiophene rings is 1. The van der Waals surface area contributed by atoms with Gasteiger partial charge in [0.1, 0.15) is 0 Å². The maximum atomic E-state index is 13.4. The van der Waals surface area contributed by atoms with Crippen LogP contribution in [0.5, 0.6) is 0 Å². The van der Waals surface area contributed by atoms with Crippen molar-refractivity contribution >= 4 is 28.1 Å². The third kappa shape index (κ3) is 4.78. The number of aromatic nitrogens is 1. The minimum absolute atomic E-state index is 0.0620. The molecule has 0 spiro atoms. The van der Waals surface area contributed by atoms with Crippen LogP contribution in [0.15, 0.2) is 103 Å². The average Bonchev–Trinajstić information content (AvgIpc) is 3.33. The zero-order valence-corrected chi connectivity index (χ0v) is 19.9. The van der Waals surface area contributed by atoms with Crippen LogP contribution < -0.4 is 5.32 Å². The summed E-state index contributed by atoms with van der Waals surface area (Å²) in [5.74, 6) is 0.162. The van der Waals surface area contributed by atoms with Crippen LogP contribution in [-0.2, 0) is 0 Å². The monoisotopic (exact) mass is 462 g/mol. The highest BCUT2D eigenvalue weighted by molar-refractivity contribution is 7.15. The van der Waals surface area contributed by atoms with Crippen molar-refractivity contribution in [2.24, 2.45) is 0 Å². The lowest BCUT2D eigenvalue weighted by Gasteiger charge is -2.19. The standard InChI is InChI=1S/C30H26N2OS/c1-21-16-17-29(34-21)28-20-26(25-14-8-9-15-27(25)32-28)30(33)31-19-18-24(22-10-4-2-5-11-22)23-12-6-3-7-13-23/h2-17,20,24H,18-19H2,1H3,(H,31,33). The highest BCUT2D eigenvalue weighted by Gasteiger charge is 2.17. The number of fused-ring (bicyclic) bond motifs is 1. The van der Waals surface area contributed by atoms with Crippen molar-refractivity contribution in [1.82, 2.24) is 10.3 Å². The van der Waals surface area contributed by atoms with Crippen LogP contribution in [0.3, 0.4) is 0 Å². The summed E-state index contributed by atoms with van der Waals surface area (Å²) < 4.78 is 0. The predicted molar refractivity (Wildman–Crippen MR) is 141 cm³/mol. The number of benzene rings is 3. The van der Waals surface area contributed by atoms with Gasteiger partial charge in [0.15, 0.2) is 0 Å². The topological polar surface area (TPSA) is 42.0 Å². The van der Waals surface area contributed by atoms with Crippen molar-refractivity contribution in [3.63, 3.8) is 0 Å². The number of nitrogens with one attached hydrogen (secondary N) is 1. The van der Waals surface area contributed by atoms with E-state index < -0.39 is 0 Å². The molecule has 4 heteroatoms. The molecule has 3 nitrogen and oxygen atoms in total. The Bertz CT molecular complexity index is 1370. The zero-order valence-electron chi connectivity index (χ0n) is 19.1. The fourth-order valence-corrected chi connectivity index (χ4v) is 5.21. The summed E-state index contributed by atoms with van der Waals surface area (Å²) in [4.78, 5) is 20.5. The van der Waals surface area contributed by atoms with E-state index in [0.717, 1.165) is 27.9 Å². The number of carbonyl (C=O) groups is 1. The van der Waals surface area contributed by atoms with E-state index in [1.807, 2.05) is 42.5 Å². The normalized spacial score (nSPS) is 11.1. The van der Waals surface area contributed by atoms with Crippen LogP contribution in [0.2, 0.25) is 0 Å². The summed E-state index contributed by atoms with van der Waals surface area (Å²) >= 11 is 1.69. The Labute approximate surface area is 204 Å². The molecule has 0 unspecified atom stereocenters. The Kier molecular flexibility index (Phi) is 6.50. The number of nitrogens with zero attached hydrogens (tertiary/aromatic N) is 1.